The molecular formula is C26H28N4O2. The molecule has 2 amide bonds. The quantitative estimate of drug-likeness (QED) is 0.622. The molecule has 6 heteroatoms. The third-order valence-corrected chi connectivity index (χ3v) is 6.09. The van der Waals surface area contributed by atoms with Gasteiger partial charge in [-0.05, 0) is 60.2 Å². The third kappa shape index (κ3) is 4.54. The topological polar surface area (TPSA) is 66.4 Å². The Bertz CT molecular complexity index is 1090. The molecular weight excluding hydrogens is 400 g/mol. The van der Waals surface area contributed by atoms with Gasteiger partial charge in [-0.15, -0.1) is 0 Å². The molecule has 4 rings (SSSR count). The molecule has 164 valence electrons. The van der Waals surface area contributed by atoms with E-state index in [-0.39, 0.29) is 11.8 Å². The van der Waals surface area contributed by atoms with Crippen molar-refractivity contribution in [1.82, 2.24) is 19.8 Å². The SMILES string of the molecule is CN(C)C(=O)[C@]1(Cc2cccc(-c3ccncc3)c2)CCCN(C(=O)c2ccccn2)C1. The zero-order valence-electron chi connectivity index (χ0n) is 18.6. The van der Waals surface area contributed by atoms with E-state index in [9.17, 15) is 9.59 Å². The average Bonchev–Trinajstić information content (AvgIpc) is 2.84. The number of benzene rings is 1. The van der Waals surface area contributed by atoms with Crippen LogP contribution < -0.4 is 0 Å². The number of pyridine rings is 2. The van der Waals surface area contributed by atoms with Crippen LogP contribution in [0.3, 0.4) is 0 Å². The van der Waals surface area contributed by atoms with Crippen LogP contribution in [0, 0.1) is 5.41 Å². The lowest BCUT2D eigenvalue weighted by atomic mass is 9.73. The fourth-order valence-electron chi connectivity index (χ4n) is 4.62. The van der Waals surface area contributed by atoms with Crippen LogP contribution in [0.5, 0.6) is 0 Å². The van der Waals surface area contributed by atoms with E-state index in [0.29, 0.717) is 25.2 Å². The highest BCUT2D eigenvalue weighted by atomic mass is 16.2. The lowest BCUT2D eigenvalue weighted by Gasteiger charge is -2.43. The normalized spacial score (nSPS) is 18.2. The van der Waals surface area contributed by atoms with Crippen LogP contribution in [0.15, 0.2) is 73.2 Å². The van der Waals surface area contributed by atoms with Gasteiger partial charge in [-0.3, -0.25) is 19.6 Å². The van der Waals surface area contributed by atoms with Crippen molar-refractivity contribution in [3.63, 3.8) is 0 Å². The molecule has 0 spiro atoms. The molecule has 32 heavy (non-hydrogen) atoms. The molecule has 0 unspecified atom stereocenters. The van der Waals surface area contributed by atoms with Crippen molar-refractivity contribution in [3.05, 3.63) is 84.4 Å². The van der Waals surface area contributed by atoms with Gasteiger partial charge in [0.2, 0.25) is 5.91 Å². The minimum absolute atomic E-state index is 0.0605. The van der Waals surface area contributed by atoms with Crippen LogP contribution in [-0.4, -0.2) is 58.8 Å². The second kappa shape index (κ2) is 9.30. The number of hydrogen-bond acceptors (Lipinski definition) is 4. The number of aromatic nitrogens is 2. The molecule has 0 radical (unpaired) electrons. The first-order valence-corrected chi connectivity index (χ1v) is 10.9. The Labute approximate surface area is 188 Å². The summed E-state index contributed by atoms with van der Waals surface area (Å²) in [6, 6.07) is 17.6. The molecule has 0 N–H and O–H groups in total. The standard InChI is InChI=1S/C26H28N4O2/c1-29(2)25(32)26(12-6-16-30(19-26)24(31)23-9-3-4-13-28-23)18-20-7-5-8-22(17-20)21-10-14-27-15-11-21/h3-5,7-11,13-15,17H,6,12,16,18-19H2,1-2H3/t26-/m0/s1. The first kappa shape index (κ1) is 21.7. The molecule has 0 aliphatic carbocycles. The van der Waals surface area contributed by atoms with Gasteiger partial charge in [-0.2, -0.15) is 0 Å². The smallest absolute Gasteiger partial charge is 0.272 e. The van der Waals surface area contributed by atoms with E-state index < -0.39 is 5.41 Å². The summed E-state index contributed by atoms with van der Waals surface area (Å²) in [6.07, 6.45) is 7.29. The average molecular weight is 429 g/mol. The molecule has 3 heterocycles. The van der Waals surface area contributed by atoms with Crippen LogP contribution in [0.25, 0.3) is 11.1 Å². The van der Waals surface area contributed by atoms with Gasteiger partial charge in [-0.25, -0.2) is 0 Å². The van der Waals surface area contributed by atoms with E-state index in [0.717, 1.165) is 29.5 Å². The zero-order valence-corrected chi connectivity index (χ0v) is 18.6. The van der Waals surface area contributed by atoms with Crippen molar-refractivity contribution in [3.8, 4) is 11.1 Å². The Morgan fingerprint density at radius 2 is 1.81 bits per heavy atom. The molecule has 1 aliphatic heterocycles. The van der Waals surface area contributed by atoms with Crippen LogP contribution in [-0.2, 0) is 11.2 Å². The second-order valence-corrected chi connectivity index (χ2v) is 8.64. The zero-order chi connectivity index (χ0) is 22.6. The van der Waals surface area contributed by atoms with Crippen molar-refractivity contribution in [2.24, 2.45) is 5.41 Å². The summed E-state index contributed by atoms with van der Waals surface area (Å²) in [5, 5.41) is 0. The molecule has 3 aromatic rings. The van der Waals surface area contributed by atoms with E-state index >= 15 is 0 Å². The monoisotopic (exact) mass is 428 g/mol. The van der Waals surface area contributed by atoms with E-state index in [4.69, 9.17) is 0 Å². The lowest BCUT2D eigenvalue weighted by molar-refractivity contribution is -0.142. The summed E-state index contributed by atoms with van der Waals surface area (Å²) in [7, 11) is 3.58. The van der Waals surface area contributed by atoms with E-state index in [1.54, 1.807) is 54.6 Å². The van der Waals surface area contributed by atoms with Gasteiger partial charge in [0.15, 0.2) is 0 Å². The van der Waals surface area contributed by atoms with Gasteiger partial charge >= 0.3 is 0 Å². The summed E-state index contributed by atoms with van der Waals surface area (Å²) in [5.41, 5.74) is 3.02. The summed E-state index contributed by atoms with van der Waals surface area (Å²) in [4.78, 5) is 38.3. The maximum Gasteiger partial charge on any atom is 0.272 e. The predicted octanol–water partition coefficient (Wildman–Crippen LogP) is 3.70. The molecule has 0 saturated carbocycles. The summed E-state index contributed by atoms with van der Waals surface area (Å²) in [5.74, 6) is -0.0582. The summed E-state index contributed by atoms with van der Waals surface area (Å²) in [6.45, 7) is 1.02. The van der Waals surface area contributed by atoms with Crippen molar-refractivity contribution >= 4 is 11.8 Å². The third-order valence-electron chi connectivity index (χ3n) is 6.09. The largest absolute Gasteiger partial charge is 0.348 e. The summed E-state index contributed by atoms with van der Waals surface area (Å²) < 4.78 is 0. The molecule has 2 aromatic heterocycles. The van der Waals surface area contributed by atoms with Crippen molar-refractivity contribution in [2.75, 3.05) is 27.2 Å². The van der Waals surface area contributed by atoms with Gasteiger partial charge in [0.1, 0.15) is 5.69 Å². The highest BCUT2D eigenvalue weighted by Crippen LogP contribution is 2.36. The number of hydrogen-bond donors (Lipinski definition) is 0. The first-order chi connectivity index (χ1) is 15.5. The molecule has 1 aromatic carbocycles. The van der Waals surface area contributed by atoms with Crippen LogP contribution in [0.2, 0.25) is 0 Å². The fraction of sp³-hybridized carbons (Fsp3) is 0.308. The Morgan fingerprint density at radius 1 is 1.00 bits per heavy atom. The van der Waals surface area contributed by atoms with Gasteiger partial charge in [0, 0.05) is 45.8 Å². The first-order valence-electron chi connectivity index (χ1n) is 10.9. The maximum absolute atomic E-state index is 13.4. The molecule has 1 fully saturated rings. The van der Waals surface area contributed by atoms with E-state index in [2.05, 4.69) is 28.2 Å². The summed E-state index contributed by atoms with van der Waals surface area (Å²) >= 11 is 0. The molecule has 6 nitrogen and oxygen atoms in total. The maximum atomic E-state index is 13.4. The number of nitrogens with zero attached hydrogens (tertiary/aromatic N) is 4. The van der Waals surface area contributed by atoms with Crippen LogP contribution >= 0.6 is 0 Å². The lowest BCUT2D eigenvalue weighted by Crippen LogP contribution is -2.54. The van der Waals surface area contributed by atoms with Gasteiger partial charge in [-0.1, -0.05) is 30.3 Å². The minimum Gasteiger partial charge on any atom is -0.348 e. The van der Waals surface area contributed by atoms with Crippen LogP contribution in [0.1, 0.15) is 28.9 Å². The fourth-order valence-corrected chi connectivity index (χ4v) is 4.62. The number of carbonyl (C=O) groups excluding carboxylic acids is 2. The Kier molecular flexibility index (Phi) is 6.30. The Morgan fingerprint density at radius 3 is 2.53 bits per heavy atom. The number of rotatable bonds is 5. The van der Waals surface area contributed by atoms with Crippen molar-refractivity contribution in [2.45, 2.75) is 19.3 Å². The molecule has 1 aliphatic rings. The van der Waals surface area contributed by atoms with Gasteiger partial charge in [0.25, 0.3) is 5.91 Å². The number of amides is 2. The molecule has 1 atom stereocenters. The predicted molar refractivity (Wildman–Crippen MR) is 124 cm³/mol. The van der Waals surface area contributed by atoms with Crippen molar-refractivity contribution in [1.29, 1.82) is 0 Å². The van der Waals surface area contributed by atoms with E-state index in [1.807, 2.05) is 24.3 Å². The molecule has 1 saturated heterocycles. The Hall–Kier alpha value is -3.54. The number of likely N-dealkylation sites (tertiary alicyclic amines) is 1. The highest BCUT2D eigenvalue weighted by Gasteiger charge is 2.44. The minimum atomic E-state index is -0.664. The van der Waals surface area contributed by atoms with Crippen LogP contribution in [0.4, 0.5) is 0 Å². The van der Waals surface area contributed by atoms with Crippen molar-refractivity contribution < 1.29 is 9.59 Å². The van der Waals surface area contributed by atoms with E-state index in [1.165, 1.54) is 0 Å². The van der Waals surface area contributed by atoms with Gasteiger partial charge in [0.05, 0.1) is 5.41 Å². The molecule has 0 bridgehead atoms. The number of carbonyl (C=O) groups is 2. The van der Waals surface area contributed by atoms with Gasteiger partial charge < -0.3 is 9.80 Å². The second-order valence-electron chi connectivity index (χ2n) is 8.64. The Balaban J connectivity index is 1.64. The number of piperidine rings is 1. The highest BCUT2D eigenvalue weighted by molar-refractivity contribution is 5.93.